The Labute approximate surface area is 107 Å². The first-order valence-corrected chi connectivity index (χ1v) is 6.52. The van der Waals surface area contributed by atoms with E-state index in [0.717, 1.165) is 19.5 Å². The van der Waals surface area contributed by atoms with Crippen molar-refractivity contribution in [2.75, 3.05) is 47.3 Å². The zero-order valence-electron chi connectivity index (χ0n) is 12.5. The smallest absolute Gasteiger partial charge is 0.0869 e. The van der Waals surface area contributed by atoms with Gasteiger partial charge >= 0.3 is 0 Å². The SMILES string of the molecule is CC(C)NCC(C)(O)CN(C)CCCN(C)C. The zero-order valence-corrected chi connectivity index (χ0v) is 12.5. The Hall–Kier alpha value is -0.160. The van der Waals surface area contributed by atoms with Crippen molar-refractivity contribution in [3.63, 3.8) is 0 Å². The van der Waals surface area contributed by atoms with Gasteiger partial charge in [0.25, 0.3) is 0 Å². The van der Waals surface area contributed by atoms with Crippen molar-refractivity contribution in [1.82, 2.24) is 15.1 Å². The van der Waals surface area contributed by atoms with E-state index in [-0.39, 0.29) is 0 Å². The number of hydrogen-bond donors (Lipinski definition) is 2. The second-order valence-electron chi connectivity index (χ2n) is 5.93. The molecular formula is C13H31N3O. The third-order valence-electron chi connectivity index (χ3n) is 2.65. The highest BCUT2D eigenvalue weighted by Gasteiger charge is 2.22. The molecule has 104 valence electrons. The summed E-state index contributed by atoms with van der Waals surface area (Å²) in [6.45, 7) is 9.55. The van der Waals surface area contributed by atoms with Crippen molar-refractivity contribution < 1.29 is 5.11 Å². The van der Waals surface area contributed by atoms with Gasteiger partial charge in [0.2, 0.25) is 0 Å². The number of nitrogens with one attached hydrogen (secondary N) is 1. The van der Waals surface area contributed by atoms with Crippen LogP contribution >= 0.6 is 0 Å². The quantitative estimate of drug-likeness (QED) is 0.625. The Morgan fingerprint density at radius 2 is 1.76 bits per heavy atom. The minimum absolute atomic E-state index is 0.417. The molecule has 1 unspecified atom stereocenters. The number of nitrogens with zero attached hydrogens (tertiary/aromatic N) is 2. The summed E-state index contributed by atoms with van der Waals surface area (Å²) in [5.41, 5.74) is -0.656. The van der Waals surface area contributed by atoms with Crippen LogP contribution in [-0.4, -0.2) is 73.9 Å². The molecule has 0 saturated heterocycles. The molecule has 0 aliphatic carbocycles. The fourth-order valence-electron chi connectivity index (χ4n) is 1.80. The number of hydrogen-bond acceptors (Lipinski definition) is 4. The molecule has 0 aromatic heterocycles. The van der Waals surface area contributed by atoms with Crippen LogP contribution in [0.1, 0.15) is 27.2 Å². The van der Waals surface area contributed by atoms with E-state index in [9.17, 15) is 5.11 Å². The first kappa shape index (κ1) is 16.8. The van der Waals surface area contributed by atoms with Crippen LogP contribution in [0.3, 0.4) is 0 Å². The number of aliphatic hydroxyl groups is 1. The van der Waals surface area contributed by atoms with E-state index in [1.54, 1.807) is 0 Å². The highest BCUT2D eigenvalue weighted by atomic mass is 16.3. The Morgan fingerprint density at radius 1 is 1.18 bits per heavy atom. The van der Waals surface area contributed by atoms with E-state index in [0.29, 0.717) is 19.1 Å². The summed E-state index contributed by atoms with van der Waals surface area (Å²) in [7, 11) is 6.24. The Kier molecular flexibility index (Phi) is 7.96. The van der Waals surface area contributed by atoms with E-state index in [2.05, 4.69) is 50.1 Å². The molecule has 1 atom stereocenters. The summed E-state index contributed by atoms with van der Waals surface area (Å²) in [5.74, 6) is 0. The van der Waals surface area contributed by atoms with Gasteiger partial charge in [-0.25, -0.2) is 0 Å². The maximum Gasteiger partial charge on any atom is 0.0869 e. The van der Waals surface area contributed by atoms with Gasteiger partial charge < -0.3 is 20.2 Å². The van der Waals surface area contributed by atoms with Crippen molar-refractivity contribution in [2.45, 2.75) is 38.8 Å². The van der Waals surface area contributed by atoms with Crippen LogP contribution < -0.4 is 5.32 Å². The molecule has 0 amide bonds. The third kappa shape index (κ3) is 10.7. The predicted octanol–water partition coefficient (Wildman–Crippen LogP) is 0.619. The Balaban J connectivity index is 3.79. The molecule has 0 aliphatic rings. The standard InChI is InChI=1S/C13H31N3O/c1-12(2)14-10-13(3,17)11-16(6)9-7-8-15(4)5/h12,14,17H,7-11H2,1-6H3. The van der Waals surface area contributed by atoms with Gasteiger partial charge in [0.1, 0.15) is 0 Å². The Morgan fingerprint density at radius 3 is 2.24 bits per heavy atom. The van der Waals surface area contributed by atoms with Crippen LogP contribution in [0.4, 0.5) is 0 Å². The van der Waals surface area contributed by atoms with Gasteiger partial charge in [0.15, 0.2) is 0 Å². The molecule has 0 saturated carbocycles. The first-order valence-electron chi connectivity index (χ1n) is 6.52. The molecule has 4 heteroatoms. The van der Waals surface area contributed by atoms with E-state index >= 15 is 0 Å². The minimum Gasteiger partial charge on any atom is -0.388 e. The maximum absolute atomic E-state index is 10.2. The van der Waals surface area contributed by atoms with Gasteiger partial charge in [-0.3, -0.25) is 0 Å². The fourth-order valence-corrected chi connectivity index (χ4v) is 1.80. The molecule has 0 fully saturated rings. The molecule has 17 heavy (non-hydrogen) atoms. The molecule has 0 heterocycles. The predicted molar refractivity (Wildman–Crippen MR) is 74.4 cm³/mol. The summed E-state index contributed by atoms with van der Waals surface area (Å²) < 4.78 is 0. The summed E-state index contributed by atoms with van der Waals surface area (Å²) in [4.78, 5) is 4.39. The molecular weight excluding hydrogens is 214 g/mol. The van der Waals surface area contributed by atoms with Gasteiger partial charge in [-0.1, -0.05) is 13.8 Å². The van der Waals surface area contributed by atoms with Gasteiger partial charge in [0, 0.05) is 19.1 Å². The topological polar surface area (TPSA) is 38.7 Å². The Bertz CT molecular complexity index is 193. The number of likely N-dealkylation sites (N-methyl/N-ethyl adjacent to an activating group) is 1. The van der Waals surface area contributed by atoms with E-state index in [1.807, 2.05) is 6.92 Å². The van der Waals surface area contributed by atoms with Crippen molar-refractivity contribution >= 4 is 0 Å². The average Bonchev–Trinajstić information content (AvgIpc) is 2.13. The minimum atomic E-state index is -0.656. The van der Waals surface area contributed by atoms with E-state index in [4.69, 9.17) is 0 Å². The molecule has 0 radical (unpaired) electrons. The molecule has 4 nitrogen and oxygen atoms in total. The lowest BCUT2D eigenvalue weighted by Crippen LogP contribution is -2.48. The van der Waals surface area contributed by atoms with Gasteiger partial charge in [-0.15, -0.1) is 0 Å². The summed E-state index contributed by atoms with van der Waals surface area (Å²) >= 11 is 0. The lowest BCUT2D eigenvalue weighted by molar-refractivity contribution is 0.0253. The lowest BCUT2D eigenvalue weighted by Gasteiger charge is -2.30. The normalized spacial score (nSPS) is 15.9. The molecule has 0 aromatic carbocycles. The summed E-state index contributed by atoms with van der Waals surface area (Å²) in [6, 6.07) is 0.417. The van der Waals surface area contributed by atoms with Gasteiger partial charge in [-0.05, 0) is 47.6 Å². The van der Waals surface area contributed by atoms with E-state index in [1.165, 1.54) is 0 Å². The first-order chi connectivity index (χ1) is 7.73. The van der Waals surface area contributed by atoms with Crippen LogP contribution in [0.5, 0.6) is 0 Å². The summed E-state index contributed by atoms with van der Waals surface area (Å²) in [6.07, 6.45) is 1.14. The van der Waals surface area contributed by atoms with Crippen molar-refractivity contribution in [3.05, 3.63) is 0 Å². The monoisotopic (exact) mass is 245 g/mol. The fraction of sp³-hybridized carbons (Fsp3) is 1.00. The summed E-state index contributed by atoms with van der Waals surface area (Å²) in [5, 5.41) is 13.5. The van der Waals surface area contributed by atoms with Crippen LogP contribution in [0.2, 0.25) is 0 Å². The molecule has 2 N–H and O–H groups in total. The van der Waals surface area contributed by atoms with Crippen molar-refractivity contribution in [2.24, 2.45) is 0 Å². The van der Waals surface area contributed by atoms with Crippen LogP contribution in [0.25, 0.3) is 0 Å². The molecule has 0 bridgehead atoms. The third-order valence-corrected chi connectivity index (χ3v) is 2.65. The average molecular weight is 245 g/mol. The second-order valence-corrected chi connectivity index (χ2v) is 5.93. The maximum atomic E-state index is 10.2. The number of rotatable bonds is 9. The van der Waals surface area contributed by atoms with Gasteiger partial charge in [0.05, 0.1) is 5.60 Å². The van der Waals surface area contributed by atoms with Gasteiger partial charge in [-0.2, -0.15) is 0 Å². The lowest BCUT2D eigenvalue weighted by atomic mass is 10.1. The largest absolute Gasteiger partial charge is 0.388 e. The molecule has 0 spiro atoms. The second kappa shape index (κ2) is 8.03. The highest BCUT2D eigenvalue weighted by Crippen LogP contribution is 2.05. The van der Waals surface area contributed by atoms with Crippen LogP contribution in [0.15, 0.2) is 0 Å². The highest BCUT2D eigenvalue weighted by molar-refractivity contribution is 4.79. The molecule has 0 rings (SSSR count). The van der Waals surface area contributed by atoms with Crippen LogP contribution in [-0.2, 0) is 0 Å². The van der Waals surface area contributed by atoms with Crippen molar-refractivity contribution in [3.8, 4) is 0 Å². The van der Waals surface area contributed by atoms with Crippen LogP contribution in [0, 0.1) is 0 Å². The van der Waals surface area contributed by atoms with E-state index < -0.39 is 5.60 Å². The molecule has 0 aliphatic heterocycles. The molecule has 0 aromatic rings. The zero-order chi connectivity index (χ0) is 13.5. The van der Waals surface area contributed by atoms with Crippen molar-refractivity contribution in [1.29, 1.82) is 0 Å².